The summed E-state index contributed by atoms with van der Waals surface area (Å²) in [5, 5.41) is 2.80. The minimum absolute atomic E-state index is 0.0803. The van der Waals surface area contributed by atoms with Crippen molar-refractivity contribution >= 4 is 28.4 Å². The van der Waals surface area contributed by atoms with Gasteiger partial charge in [0.15, 0.2) is 5.78 Å². The Labute approximate surface area is 155 Å². The molecule has 0 spiro atoms. The highest BCUT2D eigenvalue weighted by atomic mass is 16.2. The van der Waals surface area contributed by atoms with Crippen molar-refractivity contribution in [3.8, 4) is 5.82 Å². The van der Waals surface area contributed by atoms with Crippen LogP contribution < -0.4 is 5.32 Å². The van der Waals surface area contributed by atoms with E-state index in [1.807, 2.05) is 34.9 Å². The number of rotatable bonds is 4. The summed E-state index contributed by atoms with van der Waals surface area (Å²) in [6, 6.07) is 13.0. The fraction of sp³-hybridized carbons (Fsp3) is 0.100. The number of Topliss-reactive ketones (excluding diaryl/α,β-unsaturated/α-hetero) is 1. The van der Waals surface area contributed by atoms with Crippen LogP contribution in [0.4, 0.5) is 5.69 Å². The molecule has 0 fully saturated rings. The Hall–Kier alpha value is -3.74. The highest BCUT2D eigenvalue weighted by Crippen LogP contribution is 2.18. The normalized spacial score (nSPS) is 10.9. The van der Waals surface area contributed by atoms with E-state index in [-0.39, 0.29) is 11.7 Å². The molecule has 3 aromatic heterocycles. The molecule has 27 heavy (non-hydrogen) atoms. The van der Waals surface area contributed by atoms with Crippen LogP contribution in [0.3, 0.4) is 0 Å². The van der Waals surface area contributed by atoms with E-state index >= 15 is 0 Å². The third-order valence-corrected chi connectivity index (χ3v) is 4.35. The van der Waals surface area contributed by atoms with Gasteiger partial charge < -0.3 is 9.88 Å². The smallest absolute Gasteiger partial charge is 0.272 e. The molecule has 0 aliphatic carbocycles. The van der Waals surface area contributed by atoms with Crippen LogP contribution in [-0.4, -0.2) is 30.8 Å². The summed E-state index contributed by atoms with van der Waals surface area (Å²) in [5.41, 5.74) is 3.33. The molecule has 0 unspecified atom stereocenters. The molecule has 134 valence electrons. The number of hydrogen-bond donors (Lipinski definition) is 1. The van der Waals surface area contributed by atoms with Crippen molar-refractivity contribution in [2.45, 2.75) is 6.92 Å². The first-order chi connectivity index (χ1) is 13.0. The number of pyridine rings is 1. The predicted octanol–water partition coefficient (Wildman–Crippen LogP) is 3.21. The SMILES string of the molecule is CC(=O)c1cc(C(=O)Nc2ccc(-n3cnc4ccccc43)nc2)n(C)c1. The molecule has 0 bridgehead atoms. The molecule has 0 aliphatic rings. The van der Waals surface area contributed by atoms with Crippen molar-refractivity contribution < 1.29 is 9.59 Å². The minimum atomic E-state index is -0.298. The first kappa shape index (κ1) is 16.7. The van der Waals surface area contributed by atoms with Gasteiger partial charge in [0.1, 0.15) is 17.8 Å². The third-order valence-electron chi connectivity index (χ3n) is 4.35. The molecule has 4 aromatic rings. The number of aromatic nitrogens is 4. The molecule has 7 nitrogen and oxygen atoms in total. The Kier molecular flexibility index (Phi) is 4.04. The Bertz CT molecular complexity index is 1150. The van der Waals surface area contributed by atoms with Crippen LogP contribution in [0.2, 0.25) is 0 Å². The van der Waals surface area contributed by atoms with Gasteiger partial charge in [-0.3, -0.25) is 14.2 Å². The van der Waals surface area contributed by atoms with Gasteiger partial charge in [-0.1, -0.05) is 12.1 Å². The number of anilines is 1. The van der Waals surface area contributed by atoms with Gasteiger partial charge in [-0.15, -0.1) is 0 Å². The van der Waals surface area contributed by atoms with Crippen LogP contribution in [0, 0.1) is 0 Å². The number of nitrogens with zero attached hydrogens (tertiary/aromatic N) is 4. The van der Waals surface area contributed by atoms with Crippen LogP contribution in [0.15, 0.2) is 61.2 Å². The van der Waals surface area contributed by atoms with E-state index in [0.717, 1.165) is 11.0 Å². The van der Waals surface area contributed by atoms with E-state index in [0.29, 0.717) is 22.8 Å². The average molecular weight is 359 g/mol. The predicted molar refractivity (Wildman–Crippen MR) is 102 cm³/mol. The molecule has 1 N–H and O–H groups in total. The van der Waals surface area contributed by atoms with Crippen LogP contribution >= 0.6 is 0 Å². The Morgan fingerprint density at radius 1 is 1.07 bits per heavy atom. The third kappa shape index (κ3) is 3.10. The van der Waals surface area contributed by atoms with Gasteiger partial charge in [0, 0.05) is 18.8 Å². The summed E-state index contributed by atoms with van der Waals surface area (Å²) in [6.45, 7) is 1.47. The van der Waals surface area contributed by atoms with Gasteiger partial charge in [-0.25, -0.2) is 9.97 Å². The van der Waals surface area contributed by atoms with Crippen molar-refractivity contribution in [3.63, 3.8) is 0 Å². The topological polar surface area (TPSA) is 81.8 Å². The second-order valence-electron chi connectivity index (χ2n) is 6.24. The number of carbonyl (C=O) groups excluding carboxylic acids is 2. The molecule has 4 rings (SSSR count). The highest BCUT2D eigenvalue weighted by Gasteiger charge is 2.14. The summed E-state index contributed by atoms with van der Waals surface area (Å²) in [5.74, 6) is 0.329. The average Bonchev–Trinajstić information content (AvgIpc) is 3.26. The minimum Gasteiger partial charge on any atom is -0.346 e. The summed E-state index contributed by atoms with van der Waals surface area (Å²) in [6.07, 6.45) is 4.96. The van der Waals surface area contributed by atoms with Crippen molar-refractivity contribution in [3.05, 3.63) is 72.4 Å². The largest absolute Gasteiger partial charge is 0.346 e. The van der Waals surface area contributed by atoms with E-state index in [1.54, 1.807) is 42.5 Å². The lowest BCUT2D eigenvalue weighted by molar-refractivity contribution is 0.101. The molecule has 0 saturated carbocycles. The number of para-hydroxylation sites is 2. The van der Waals surface area contributed by atoms with Gasteiger partial charge in [0.05, 0.1) is 22.9 Å². The number of carbonyl (C=O) groups is 2. The van der Waals surface area contributed by atoms with Crippen molar-refractivity contribution in [2.24, 2.45) is 7.05 Å². The standard InChI is InChI=1S/C20H17N5O2/c1-13(26)14-9-18(24(2)11-14)20(27)23-15-7-8-19(21-10-15)25-12-22-16-5-3-4-6-17(16)25/h3-12H,1-2H3,(H,23,27). The zero-order valence-electron chi connectivity index (χ0n) is 14.9. The highest BCUT2D eigenvalue weighted by molar-refractivity contribution is 6.05. The van der Waals surface area contributed by atoms with Crippen LogP contribution in [-0.2, 0) is 7.05 Å². The fourth-order valence-corrected chi connectivity index (χ4v) is 2.92. The summed E-state index contributed by atoms with van der Waals surface area (Å²) >= 11 is 0. The van der Waals surface area contributed by atoms with Crippen molar-refractivity contribution in [1.82, 2.24) is 19.1 Å². The molecule has 0 saturated heterocycles. The summed E-state index contributed by atoms with van der Waals surface area (Å²) in [4.78, 5) is 32.7. The number of imidazole rings is 1. The number of nitrogens with one attached hydrogen (secondary N) is 1. The quantitative estimate of drug-likeness (QED) is 0.567. The van der Waals surface area contributed by atoms with Crippen LogP contribution in [0.1, 0.15) is 27.8 Å². The Morgan fingerprint density at radius 3 is 2.59 bits per heavy atom. The maximum Gasteiger partial charge on any atom is 0.272 e. The maximum absolute atomic E-state index is 12.5. The Morgan fingerprint density at radius 2 is 1.89 bits per heavy atom. The molecule has 0 atom stereocenters. The lowest BCUT2D eigenvalue weighted by Gasteiger charge is -2.07. The van der Waals surface area contributed by atoms with E-state index in [2.05, 4.69) is 15.3 Å². The zero-order chi connectivity index (χ0) is 19.0. The molecule has 1 amide bonds. The van der Waals surface area contributed by atoms with Crippen LogP contribution in [0.25, 0.3) is 16.9 Å². The van der Waals surface area contributed by atoms with Crippen molar-refractivity contribution in [2.75, 3.05) is 5.32 Å². The van der Waals surface area contributed by atoms with E-state index in [4.69, 9.17) is 0 Å². The number of hydrogen-bond acceptors (Lipinski definition) is 4. The van der Waals surface area contributed by atoms with E-state index in [1.165, 1.54) is 6.92 Å². The summed E-state index contributed by atoms with van der Waals surface area (Å²) in [7, 11) is 1.73. The molecule has 7 heteroatoms. The molecule has 1 aromatic carbocycles. The lowest BCUT2D eigenvalue weighted by Crippen LogP contribution is -2.15. The molecule has 0 radical (unpaired) electrons. The molecular weight excluding hydrogens is 342 g/mol. The molecular formula is C20H17N5O2. The van der Waals surface area contributed by atoms with Gasteiger partial charge >= 0.3 is 0 Å². The monoisotopic (exact) mass is 359 g/mol. The fourth-order valence-electron chi connectivity index (χ4n) is 2.92. The second kappa shape index (κ2) is 6.53. The maximum atomic E-state index is 12.5. The molecule has 3 heterocycles. The number of amides is 1. The van der Waals surface area contributed by atoms with Gasteiger partial charge in [0.25, 0.3) is 5.91 Å². The number of fused-ring (bicyclic) bond motifs is 1. The number of aryl methyl sites for hydroxylation is 1. The van der Waals surface area contributed by atoms with Gasteiger partial charge in [0.2, 0.25) is 0 Å². The number of ketones is 1. The van der Waals surface area contributed by atoms with Crippen LogP contribution in [0.5, 0.6) is 0 Å². The van der Waals surface area contributed by atoms with Gasteiger partial charge in [-0.2, -0.15) is 0 Å². The first-order valence-electron chi connectivity index (χ1n) is 8.40. The summed E-state index contributed by atoms with van der Waals surface area (Å²) < 4.78 is 3.52. The van der Waals surface area contributed by atoms with Gasteiger partial charge in [-0.05, 0) is 37.3 Å². The van der Waals surface area contributed by atoms with E-state index in [9.17, 15) is 9.59 Å². The zero-order valence-corrected chi connectivity index (χ0v) is 14.9. The second-order valence-corrected chi connectivity index (χ2v) is 6.24. The number of benzene rings is 1. The molecule has 0 aliphatic heterocycles. The Balaban J connectivity index is 1.56. The van der Waals surface area contributed by atoms with E-state index < -0.39 is 0 Å². The first-order valence-corrected chi connectivity index (χ1v) is 8.40. The lowest BCUT2D eigenvalue weighted by atomic mass is 10.2. The van der Waals surface area contributed by atoms with Crippen molar-refractivity contribution in [1.29, 1.82) is 0 Å².